The van der Waals surface area contributed by atoms with Crippen LogP contribution in [0.5, 0.6) is 0 Å². The molecule has 5 heteroatoms. The van der Waals surface area contributed by atoms with Gasteiger partial charge in [-0.3, -0.25) is 0 Å². The van der Waals surface area contributed by atoms with E-state index in [0.29, 0.717) is 13.1 Å². The highest BCUT2D eigenvalue weighted by molar-refractivity contribution is 7.88. The lowest BCUT2D eigenvalue weighted by Crippen LogP contribution is -2.30. The summed E-state index contributed by atoms with van der Waals surface area (Å²) in [5.41, 5.74) is 2.69. The van der Waals surface area contributed by atoms with E-state index in [0.717, 1.165) is 12.8 Å². The molecule has 0 aliphatic carbocycles. The van der Waals surface area contributed by atoms with Gasteiger partial charge in [-0.05, 0) is 16.5 Å². The first kappa shape index (κ1) is 16.1. The fourth-order valence-corrected chi connectivity index (χ4v) is 2.15. The van der Waals surface area contributed by atoms with Crippen molar-refractivity contribution < 1.29 is 8.42 Å². The van der Waals surface area contributed by atoms with Crippen molar-refractivity contribution in [1.29, 1.82) is 0 Å². The van der Waals surface area contributed by atoms with E-state index in [1.807, 2.05) is 0 Å². The first-order valence-corrected chi connectivity index (χ1v) is 8.32. The maximum absolute atomic E-state index is 10.9. The number of benzene rings is 1. The maximum Gasteiger partial charge on any atom is 0.208 e. The molecule has 0 aromatic heterocycles. The van der Waals surface area contributed by atoms with Crippen molar-refractivity contribution >= 4 is 10.0 Å². The van der Waals surface area contributed by atoms with Gasteiger partial charge in [0.05, 0.1) is 6.26 Å². The van der Waals surface area contributed by atoms with Crippen LogP contribution in [0.2, 0.25) is 0 Å². The lowest BCUT2D eigenvalue weighted by molar-refractivity contribution is 0.581. The van der Waals surface area contributed by atoms with Gasteiger partial charge in [-0.15, -0.1) is 0 Å². The second-order valence-corrected chi connectivity index (χ2v) is 7.62. The van der Waals surface area contributed by atoms with Crippen LogP contribution in [0, 0.1) is 0 Å². The van der Waals surface area contributed by atoms with Crippen LogP contribution >= 0.6 is 0 Å². The highest BCUT2D eigenvalue weighted by Gasteiger charge is 2.12. The van der Waals surface area contributed by atoms with E-state index in [1.165, 1.54) is 11.1 Å². The predicted molar refractivity (Wildman–Crippen MR) is 79.7 cm³/mol. The Morgan fingerprint density at radius 1 is 1.05 bits per heavy atom. The molecule has 2 N–H and O–H groups in total. The Balaban J connectivity index is 2.35. The molecule has 0 spiro atoms. The van der Waals surface area contributed by atoms with E-state index in [9.17, 15) is 8.42 Å². The molecular formula is C14H24N2O2S. The molecule has 0 heterocycles. The summed E-state index contributed by atoms with van der Waals surface area (Å²) < 4.78 is 24.2. The molecule has 0 fully saturated rings. The van der Waals surface area contributed by atoms with E-state index in [4.69, 9.17) is 0 Å². The van der Waals surface area contributed by atoms with Crippen molar-refractivity contribution in [2.75, 3.05) is 19.3 Å². The molecule has 0 aliphatic rings. The highest BCUT2D eigenvalue weighted by Crippen LogP contribution is 2.21. The van der Waals surface area contributed by atoms with Crippen LogP contribution in [0.1, 0.15) is 31.9 Å². The SMILES string of the molecule is CC(C)(C)c1ccc(CNCCNS(C)(=O)=O)cc1. The molecule has 0 atom stereocenters. The first-order chi connectivity index (χ1) is 8.68. The third kappa shape index (κ3) is 6.71. The zero-order valence-electron chi connectivity index (χ0n) is 12.2. The molecule has 4 nitrogen and oxygen atoms in total. The number of hydrogen-bond acceptors (Lipinski definition) is 3. The fourth-order valence-electron chi connectivity index (χ4n) is 1.68. The van der Waals surface area contributed by atoms with Crippen LogP contribution < -0.4 is 10.0 Å². The minimum Gasteiger partial charge on any atom is -0.311 e. The van der Waals surface area contributed by atoms with Gasteiger partial charge in [-0.25, -0.2) is 13.1 Å². The zero-order valence-corrected chi connectivity index (χ0v) is 13.0. The minimum absolute atomic E-state index is 0.172. The molecule has 0 unspecified atom stereocenters. The zero-order chi connectivity index (χ0) is 14.5. The summed E-state index contributed by atoms with van der Waals surface area (Å²) in [6, 6.07) is 8.51. The largest absolute Gasteiger partial charge is 0.311 e. The van der Waals surface area contributed by atoms with Gasteiger partial charge in [0.25, 0.3) is 0 Å². The van der Waals surface area contributed by atoms with E-state index >= 15 is 0 Å². The summed E-state index contributed by atoms with van der Waals surface area (Å²) in [5, 5.41) is 3.21. The van der Waals surface area contributed by atoms with E-state index < -0.39 is 10.0 Å². The summed E-state index contributed by atoms with van der Waals surface area (Å²) in [5.74, 6) is 0. The molecular weight excluding hydrogens is 260 g/mol. The highest BCUT2D eigenvalue weighted by atomic mass is 32.2. The van der Waals surface area contributed by atoms with Gasteiger partial charge in [0.2, 0.25) is 10.0 Å². The van der Waals surface area contributed by atoms with E-state index in [2.05, 4.69) is 55.1 Å². The van der Waals surface area contributed by atoms with Gasteiger partial charge in [0.15, 0.2) is 0 Å². The lowest BCUT2D eigenvalue weighted by atomic mass is 9.87. The average molecular weight is 284 g/mol. The monoisotopic (exact) mass is 284 g/mol. The molecule has 1 aromatic rings. The number of sulfonamides is 1. The summed E-state index contributed by atoms with van der Waals surface area (Å²) >= 11 is 0. The Hall–Kier alpha value is -0.910. The third-order valence-corrected chi connectivity index (χ3v) is 3.54. The molecule has 19 heavy (non-hydrogen) atoms. The topological polar surface area (TPSA) is 58.2 Å². The normalized spacial score (nSPS) is 12.6. The van der Waals surface area contributed by atoms with Gasteiger partial charge in [0.1, 0.15) is 0 Å². The van der Waals surface area contributed by atoms with Gasteiger partial charge >= 0.3 is 0 Å². The molecule has 108 valence electrons. The Morgan fingerprint density at radius 2 is 1.63 bits per heavy atom. The van der Waals surface area contributed by atoms with Crippen LogP contribution in [0.4, 0.5) is 0 Å². The van der Waals surface area contributed by atoms with Crippen molar-refractivity contribution in [3.05, 3.63) is 35.4 Å². The molecule has 1 rings (SSSR count). The van der Waals surface area contributed by atoms with Crippen LogP contribution in [-0.4, -0.2) is 27.8 Å². The Bertz CT molecular complexity index is 487. The van der Waals surface area contributed by atoms with Gasteiger partial charge in [-0.2, -0.15) is 0 Å². The fraction of sp³-hybridized carbons (Fsp3) is 0.571. The number of hydrogen-bond donors (Lipinski definition) is 2. The molecule has 1 aromatic carbocycles. The number of rotatable bonds is 6. The lowest BCUT2D eigenvalue weighted by Gasteiger charge is -2.19. The van der Waals surface area contributed by atoms with Crippen molar-refractivity contribution in [3.8, 4) is 0 Å². The molecule has 0 amide bonds. The molecule has 0 bridgehead atoms. The first-order valence-electron chi connectivity index (χ1n) is 6.43. The van der Waals surface area contributed by atoms with E-state index in [1.54, 1.807) is 0 Å². The molecule has 0 saturated carbocycles. The minimum atomic E-state index is -3.08. The second kappa shape index (κ2) is 6.50. The van der Waals surface area contributed by atoms with Crippen LogP contribution in [0.15, 0.2) is 24.3 Å². The smallest absolute Gasteiger partial charge is 0.208 e. The second-order valence-electron chi connectivity index (χ2n) is 5.79. The summed E-state index contributed by atoms with van der Waals surface area (Å²) in [4.78, 5) is 0. The van der Waals surface area contributed by atoms with Crippen molar-refractivity contribution in [3.63, 3.8) is 0 Å². The van der Waals surface area contributed by atoms with Crippen molar-refractivity contribution in [1.82, 2.24) is 10.0 Å². The van der Waals surface area contributed by atoms with Crippen LogP contribution in [0.25, 0.3) is 0 Å². The molecule has 0 aliphatic heterocycles. The number of nitrogens with one attached hydrogen (secondary N) is 2. The van der Waals surface area contributed by atoms with Crippen molar-refractivity contribution in [2.45, 2.75) is 32.7 Å². The quantitative estimate of drug-likeness (QED) is 0.781. The Labute approximate surface area is 116 Å². The summed E-state index contributed by atoms with van der Waals surface area (Å²) in [6.07, 6.45) is 1.16. The van der Waals surface area contributed by atoms with Gasteiger partial charge in [-0.1, -0.05) is 45.0 Å². The van der Waals surface area contributed by atoms with Crippen LogP contribution in [0.3, 0.4) is 0 Å². The Morgan fingerprint density at radius 3 is 2.11 bits per heavy atom. The predicted octanol–water partition coefficient (Wildman–Crippen LogP) is 1.62. The third-order valence-electron chi connectivity index (χ3n) is 2.82. The summed E-state index contributed by atoms with van der Waals surface area (Å²) in [6.45, 7) is 8.36. The van der Waals surface area contributed by atoms with Gasteiger partial charge < -0.3 is 5.32 Å². The van der Waals surface area contributed by atoms with Crippen LogP contribution in [-0.2, 0) is 22.0 Å². The molecule has 0 radical (unpaired) electrons. The standard InChI is InChI=1S/C14H24N2O2S/c1-14(2,3)13-7-5-12(6-8-13)11-15-9-10-16-19(4,17)18/h5-8,15-16H,9-11H2,1-4H3. The van der Waals surface area contributed by atoms with Gasteiger partial charge in [0, 0.05) is 19.6 Å². The summed E-state index contributed by atoms with van der Waals surface area (Å²) in [7, 11) is -3.08. The average Bonchev–Trinajstić information content (AvgIpc) is 2.26. The molecule has 0 saturated heterocycles. The maximum atomic E-state index is 10.9. The van der Waals surface area contributed by atoms with E-state index in [-0.39, 0.29) is 5.41 Å². The Kier molecular flexibility index (Phi) is 5.52. The van der Waals surface area contributed by atoms with Crippen molar-refractivity contribution in [2.24, 2.45) is 0 Å².